The van der Waals surface area contributed by atoms with Crippen LogP contribution in [-0.2, 0) is 4.74 Å². The Morgan fingerprint density at radius 3 is 2.72 bits per heavy atom. The average Bonchev–Trinajstić information content (AvgIpc) is 2.85. The maximum absolute atomic E-state index is 5.55. The molecule has 6 nitrogen and oxygen atoms in total. The van der Waals surface area contributed by atoms with Gasteiger partial charge in [0.1, 0.15) is 0 Å². The Morgan fingerprint density at radius 2 is 2.06 bits per heavy atom. The maximum Gasteiger partial charge on any atom is 0.315 e. The van der Waals surface area contributed by atoms with Gasteiger partial charge >= 0.3 is 6.01 Å². The van der Waals surface area contributed by atoms with Crippen molar-refractivity contribution in [1.82, 2.24) is 15.5 Å². The smallest absolute Gasteiger partial charge is 0.315 e. The maximum atomic E-state index is 5.55. The first-order chi connectivity index (χ1) is 8.63. The normalized spacial score (nSPS) is 20.6. The zero-order valence-corrected chi connectivity index (χ0v) is 11.3. The van der Waals surface area contributed by atoms with E-state index in [1.807, 2.05) is 14.0 Å². The Morgan fingerprint density at radius 1 is 1.33 bits per heavy atom. The van der Waals surface area contributed by atoms with Crippen LogP contribution < -0.4 is 10.6 Å². The molecule has 1 saturated heterocycles. The first-order valence-corrected chi connectivity index (χ1v) is 6.45. The molecule has 102 valence electrons. The second-order valence-electron chi connectivity index (χ2n) is 5.23. The van der Waals surface area contributed by atoms with Gasteiger partial charge in [-0.15, -0.1) is 5.10 Å². The summed E-state index contributed by atoms with van der Waals surface area (Å²) in [6, 6.07) is 0.575. The van der Waals surface area contributed by atoms with E-state index in [0.717, 1.165) is 32.6 Å². The second-order valence-corrected chi connectivity index (χ2v) is 5.23. The van der Waals surface area contributed by atoms with Gasteiger partial charge in [0.25, 0.3) is 0 Å². The van der Waals surface area contributed by atoms with E-state index in [0.29, 0.717) is 11.9 Å². The van der Waals surface area contributed by atoms with Gasteiger partial charge in [-0.1, -0.05) is 12.0 Å². The molecule has 0 saturated carbocycles. The molecule has 1 unspecified atom stereocenters. The lowest BCUT2D eigenvalue weighted by Gasteiger charge is -2.33. The number of hydrogen-bond donors (Lipinski definition) is 2. The monoisotopic (exact) mass is 254 g/mol. The van der Waals surface area contributed by atoms with Crippen LogP contribution in [0.2, 0.25) is 0 Å². The SMILES string of the molecule is CNC(C)c1nnc(NCC2(C)CCOCC2)o1. The summed E-state index contributed by atoms with van der Waals surface area (Å²) >= 11 is 0. The number of nitrogens with one attached hydrogen (secondary N) is 2. The number of rotatable bonds is 5. The van der Waals surface area contributed by atoms with Crippen molar-refractivity contribution in [3.63, 3.8) is 0 Å². The van der Waals surface area contributed by atoms with E-state index in [1.54, 1.807) is 0 Å². The molecule has 1 fully saturated rings. The van der Waals surface area contributed by atoms with Crippen molar-refractivity contribution in [3.8, 4) is 0 Å². The molecule has 1 aromatic rings. The van der Waals surface area contributed by atoms with Crippen LogP contribution >= 0.6 is 0 Å². The Hall–Kier alpha value is -1.14. The van der Waals surface area contributed by atoms with Gasteiger partial charge in [-0.2, -0.15) is 0 Å². The lowest BCUT2D eigenvalue weighted by Crippen LogP contribution is -2.33. The average molecular weight is 254 g/mol. The number of hydrogen-bond acceptors (Lipinski definition) is 6. The summed E-state index contributed by atoms with van der Waals surface area (Å²) in [7, 11) is 1.87. The van der Waals surface area contributed by atoms with E-state index in [2.05, 4.69) is 27.8 Å². The molecule has 0 radical (unpaired) electrons. The van der Waals surface area contributed by atoms with Gasteiger partial charge in [0.05, 0.1) is 6.04 Å². The minimum atomic E-state index is 0.0757. The van der Waals surface area contributed by atoms with E-state index < -0.39 is 0 Å². The fourth-order valence-corrected chi connectivity index (χ4v) is 1.93. The number of anilines is 1. The van der Waals surface area contributed by atoms with Crippen LogP contribution in [-0.4, -0.2) is 37.0 Å². The van der Waals surface area contributed by atoms with Crippen molar-refractivity contribution in [2.75, 3.05) is 32.1 Å². The molecule has 18 heavy (non-hydrogen) atoms. The number of aromatic nitrogens is 2. The molecule has 2 N–H and O–H groups in total. The first-order valence-electron chi connectivity index (χ1n) is 6.45. The number of ether oxygens (including phenoxy) is 1. The van der Waals surface area contributed by atoms with Crippen LogP contribution in [0.5, 0.6) is 0 Å². The fraction of sp³-hybridized carbons (Fsp3) is 0.833. The Kier molecular flexibility index (Phi) is 4.19. The lowest BCUT2D eigenvalue weighted by molar-refractivity contribution is 0.0298. The largest absolute Gasteiger partial charge is 0.406 e. The third-order valence-electron chi connectivity index (χ3n) is 3.61. The fourth-order valence-electron chi connectivity index (χ4n) is 1.93. The molecule has 0 amide bonds. The van der Waals surface area contributed by atoms with Gasteiger partial charge in [0, 0.05) is 19.8 Å². The minimum Gasteiger partial charge on any atom is -0.406 e. The van der Waals surface area contributed by atoms with Crippen LogP contribution in [0.25, 0.3) is 0 Å². The molecule has 1 aliphatic rings. The van der Waals surface area contributed by atoms with Crippen LogP contribution in [0.1, 0.15) is 38.6 Å². The predicted molar refractivity (Wildman–Crippen MR) is 68.4 cm³/mol. The van der Waals surface area contributed by atoms with Crippen LogP contribution in [0.15, 0.2) is 4.42 Å². The summed E-state index contributed by atoms with van der Waals surface area (Å²) in [4.78, 5) is 0. The summed E-state index contributed by atoms with van der Waals surface area (Å²) < 4.78 is 10.9. The second kappa shape index (κ2) is 5.67. The molecular weight excluding hydrogens is 232 g/mol. The molecule has 1 aliphatic heterocycles. The van der Waals surface area contributed by atoms with Gasteiger partial charge in [0.2, 0.25) is 5.89 Å². The van der Waals surface area contributed by atoms with Crippen LogP contribution in [0.4, 0.5) is 6.01 Å². The van der Waals surface area contributed by atoms with Crippen molar-refractivity contribution in [2.24, 2.45) is 5.41 Å². The molecule has 0 aliphatic carbocycles. The highest BCUT2D eigenvalue weighted by molar-refractivity contribution is 5.18. The minimum absolute atomic E-state index is 0.0757. The molecule has 0 aromatic carbocycles. The van der Waals surface area contributed by atoms with E-state index in [1.165, 1.54) is 0 Å². The van der Waals surface area contributed by atoms with Gasteiger partial charge in [-0.3, -0.25) is 0 Å². The zero-order chi connectivity index (χ0) is 13.0. The van der Waals surface area contributed by atoms with Crippen molar-refractivity contribution in [2.45, 2.75) is 32.7 Å². The van der Waals surface area contributed by atoms with Gasteiger partial charge in [0.15, 0.2) is 0 Å². The molecule has 2 heterocycles. The zero-order valence-electron chi connectivity index (χ0n) is 11.3. The summed E-state index contributed by atoms with van der Waals surface area (Å²) in [5, 5.41) is 14.3. The highest BCUT2D eigenvalue weighted by Gasteiger charge is 2.27. The summed E-state index contributed by atoms with van der Waals surface area (Å²) in [5.74, 6) is 0.608. The molecule has 1 aromatic heterocycles. The van der Waals surface area contributed by atoms with Crippen molar-refractivity contribution in [3.05, 3.63) is 5.89 Å². The Balaban J connectivity index is 1.87. The Bertz CT molecular complexity index is 374. The molecule has 1 atom stereocenters. The highest BCUT2D eigenvalue weighted by Crippen LogP contribution is 2.29. The molecular formula is C12H22N4O2. The molecule has 0 bridgehead atoms. The van der Waals surface area contributed by atoms with Crippen LogP contribution in [0.3, 0.4) is 0 Å². The standard InChI is InChI=1S/C12H22N4O2/c1-9(13-3)10-15-16-11(18-10)14-8-12(2)4-6-17-7-5-12/h9,13H,4-8H2,1-3H3,(H,14,16). The Labute approximate surface area is 107 Å². The van der Waals surface area contributed by atoms with Gasteiger partial charge in [-0.05, 0) is 32.2 Å². The third-order valence-corrected chi connectivity index (χ3v) is 3.61. The van der Waals surface area contributed by atoms with E-state index >= 15 is 0 Å². The molecule has 0 spiro atoms. The van der Waals surface area contributed by atoms with Crippen molar-refractivity contribution < 1.29 is 9.15 Å². The summed E-state index contributed by atoms with van der Waals surface area (Å²) in [6.07, 6.45) is 2.13. The molecule has 6 heteroatoms. The van der Waals surface area contributed by atoms with Gasteiger partial charge in [-0.25, -0.2) is 0 Å². The molecule has 2 rings (SSSR count). The quantitative estimate of drug-likeness (QED) is 0.831. The lowest BCUT2D eigenvalue weighted by atomic mass is 9.82. The van der Waals surface area contributed by atoms with Crippen LogP contribution in [0, 0.1) is 5.41 Å². The van der Waals surface area contributed by atoms with E-state index in [-0.39, 0.29) is 11.5 Å². The first kappa shape index (κ1) is 13.3. The summed E-state index contributed by atoms with van der Waals surface area (Å²) in [6.45, 7) is 6.76. The topological polar surface area (TPSA) is 72.2 Å². The van der Waals surface area contributed by atoms with E-state index in [9.17, 15) is 0 Å². The van der Waals surface area contributed by atoms with E-state index in [4.69, 9.17) is 9.15 Å². The number of nitrogens with zero attached hydrogens (tertiary/aromatic N) is 2. The van der Waals surface area contributed by atoms with Gasteiger partial charge < -0.3 is 19.8 Å². The third kappa shape index (κ3) is 3.20. The highest BCUT2D eigenvalue weighted by atomic mass is 16.5. The predicted octanol–water partition coefficient (Wildman–Crippen LogP) is 1.58. The van der Waals surface area contributed by atoms with Crippen molar-refractivity contribution >= 4 is 6.01 Å². The summed E-state index contributed by atoms with van der Waals surface area (Å²) in [5.41, 5.74) is 0.251. The van der Waals surface area contributed by atoms with Crippen molar-refractivity contribution in [1.29, 1.82) is 0 Å².